The maximum atomic E-state index is 12.7. The van der Waals surface area contributed by atoms with Crippen LogP contribution in [0.1, 0.15) is 56.2 Å². The molecule has 3 aromatic rings. The minimum absolute atomic E-state index is 0.139. The van der Waals surface area contributed by atoms with E-state index in [1.54, 1.807) is 0 Å². The molecule has 1 amide bonds. The van der Waals surface area contributed by atoms with E-state index < -0.39 is 0 Å². The summed E-state index contributed by atoms with van der Waals surface area (Å²) < 4.78 is 2.40. The topological polar surface area (TPSA) is 37.3 Å². The molecule has 1 N–H and O–H groups in total. The van der Waals surface area contributed by atoms with Gasteiger partial charge in [0.1, 0.15) is 0 Å². The maximum Gasteiger partial charge on any atom is 0.223 e. The maximum absolute atomic E-state index is 12.7. The Bertz CT molecular complexity index is 1190. The van der Waals surface area contributed by atoms with Crippen LogP contribution in [0.3, 0.4) is 0 Å². The fourth-order valence-corrected chi connectivity index (χ4v) is 5.78. The van der Waals surface area contributed by atoms with Gasteiger partial charge in [-0.2, -0.15) is 0 Å². The first-order valence-electron chi connectivity index (χ1n) is 13.2. The fraction of sp³-hybridized carbons (Fsp3) is 0.433. The summed E-state index contributed by atoms with van der Waals surface area (Å²) in [5, 5.41) is 5.28. The van der Waals surface area contributed by atoms with Crippen LogP contribution in [0.5, 0.6) is 0 Å². The first-order valence-corrected chi connectivity index (χ1v) is 13.5. The van der Waals surface area contributed by atoms with Crippen molar-refractivity contribution in [2.75, 3.05) is 19.6 Å². The molecule has 1 fully saturated rings. The first kappa shape index (κ1) is 24.1. The summed E-state index contributed by atoms with van der Waals surface area (Å²) in [5.74, 6) is 0.384. The number of carbonyl (C=O) groups excluding carboxylic acids is 1. The van der Waals surface area contributed by atoms with Gasteiger partial charge >= 0.3 is 0 Å². The van der Waals surface area contributed by atoms with Crippen molar-refractivity contribution in [3.63, 3.8) is 0 Å². The Hall–Kier alpha value is -2.56. The highest BCUT2D eigenvalue weighted by Gasteiger charge is 2.25. The number of para-hydroxylation sites is 1. The van der Waals surface area contributed by atoms with Gasteiger partial charge in [0, 0.05) is 41.8 Å². The van der Waals surface area contributed by atoms with Crippen LogP contribution in [0.2, 0.25) is 5.02 Å². The second-order valence-corrected chi connectivity index (χ2v) is 10.5. The number of likely N-dealkylation sites (tertiary alicyclic amines) is 1. The Morgan fingerprint density at radius 2 is 1.80 bits per heavy atom. The van der Waals surface area contributed by atoms with E-state index in [-0.39, 0.29) is 11.8 Å². The number of hydrogen-bond donors (Lipinski definition) is 1. The molecule has 1 aliphatic heterocycles. The van der Waals surface area contributed by atoms with E-state index in [1.807, 2.05) is 12.1 Å². The standard InChI is InChI=1S/C30H36ClN3O/c31-28-12-6-4-11-26(28)21-34-27(20-25-10-5-7-13-29(25)34)22-33-18-15-24(16-19-33)30(35)32-17-14-23-8-2-1-3-9-23/h4-8,10-13,20,24H,1-3,9,14-19,21-22H2,(H,32,35). The van der Waals surface area contributed by atoms with Crippen LogP contribution in [0, 0.1) is 5.92 Å². The van der Waals surface area contributed by atoms with Crippen molar-refractivity contribution < 1.29 is 4.79 Å². The molecule has 0 spiro atoms. The first-order chi connectivity index (χ1) is 17.2. The smallest absolute Gasteiger partial charge is 0.223 e. The number of nitrogens with zero attached hydrogens (tertiary/aromatic N) is 2. The number of benzene rings is 2. The van der Waals surface area contributed by atoms with Crippen LogP contribution >= 0.6 is 11.6 Å². The van der Waals surface area contributed by atoms with Crippen LogP contribution < -0.4 is 5.32 Å². The molecule has 0 unspecified atom stereocenters. The highest BCUT2D eigenvalue weighted by atomic mass is 35.5. The normalized spacial score (nSPS) is 17.5. The summed E-state index contributed by atoms with van der Waals surface area (Å²) >= 11 is 6.50. The van der Waals surface area contributed by atoms with Crippen LogP contribution in [0.15, 0.2) is 66.2 Å². The molecule has 2 heterocycles. The van der Waals surface area contributed by atoms with E-state index in [0.717, 1.165) is 62.6 Å². The lowest BCUT2D eigenvalue weighted by atomic mass is 9.95. The van der Waals surface area contributed by atoms with Crippen LogP contribution in [-0.2, 0) is 17.9 Å². The molecule has 184 valence electrons. The van der Waals surface area contributed by atoms with E-state index in [4.69, 9.17) is 11.6 Å². The van der Waals surface area contributed by atoms with Gasteiger partial charge in [-0.25, -0.2) is 0 Å². The molecular weight excluding hydrogens is 454 g/mol. The molecule has 0 saturated carbocycles. The molecule has 1 aliphatic carbocycles. The van der Waals surface area contributed by atoms with E-state index in [9.17, 15) is 4.79 Å². The van der Waals surface area contributed by atoms with E-state index >= 15 is 0 Å². The predicted molar refractivity (Wildman–Crippen MR) is 145 cm³/mol. The number of nitrogens with one attached hydrogen (secondary N) is 1. The average molecular weight is 490 g/mol. The van der Waals surface area contributed by atoms with Crippen molar-refractivity contribution in [3.8, 4) is 0 Å². The molecule has 1 saturated heterocycles. The molecule has 0 bridgehead atoms. The SMILES string of the molecule is O=C(NCCC1=CCCCC1)C1CCN(Cc2cc3ccccc3n2Cc2ccccc2Cl)CC1. The highest BCUT2D eigenvalue weighted by molar-refractivity contribution is 6.31. The molecule has 2 aliphatic rings. The highest BCUT2D eigenvalue weighted by Crippen LogP contribution is 2.27. The summed E-state index contributed by atoms with van der Waals surface area (Å²) in [6, 6.07) is 19.0. The van der Waals surface area contributed by atoms with E-state index in [0.29, 0.717) is 0 Å². The fourth-order valence-electron chi connectivity index (χ4n) is 5.59. The zero-order valence-electron chi connectivity index (χ0n) is 20.5. The third-order valence-electron chi connectivity index (χ3n) is 7.66. The number of aromatic nitrogens is 1. The predicted octanol–water partition coefficient (Wildman–Crippen LogP) is 6.56. The van der Waals surface area contributed by atoms with Gasteiger partial charge < -0.3 is 9.88 Å². The Labute approximate surface area is 214 Å². The Morgan fingerprint density at radius 3 is 2.60 bits per heavy atom. The minimum atomic E-state index is 0.139. The van der Waals surface area contributed by atoms with Crippen molar-refractivity contribution in [3.05, 3.63) is 82.5 Å². The molecule has 5 heteroatoms. The number of carbonyl (C=O) groups is 1. The second-order valence-electron chi connectivity index (χ2n) is 10.1. The van der Waals surface area contributed by atoms with Gasteiger partial charge in [-0.1, -0.05) is 59.6 Å². The van der Waals surface area contributed by atoms with Crippen LogP contribution in [0.4, 0.5) is 0 Å². The number of amides is 1. The number of rotatable bonds is 8. The van der Waals surface area contributed by atoms with E-state index in [1.165, 1.54) is 47.9 Å². The summed E-state index contributed by atoms with van der Waals surface area (Å²) in [6.45, 7) is 4.35. The van der Waals surface area contributed by atoms with Crippen LogP contribution in [-0.4, -0.2) is 35.0 Å². The molecule has 1 aromatic heterocycles. The van der Waals surface area contributed by atoms with Gasteiger partial charge in [-0.15, -0.1) is 0 Å². The Morgan fingerprint density at radius 1 is 1.00 bits per heavy atom. The Balaban J connectivity index is 1.19. The molecule has 0 atom stereocenters. The summed E-state index contributed by atoms with van der Waals surface area (Å²) in [7, 11) is 0. The summed E-state index contributed by atoms with van der Waals surface area (Å²) in [6.07, 6.45) is 10.3. The quantitative estimate of drug-likeness (QED) is 0.364. The lowest BCUT2D eigenvalue weighted by Gasteiger charge is -2.31. The zero-order valence-corrected chi connectivity index (χ0v) is 21.3. The van der Waals surface area contributed by atoms with Crippen molar-refractivity contribution in [1.82, 2.24) is 14.8 Å². The molecule has 5 rings (SSSR count). The number of piperidine rings is 1. The third-order valence-corrected chi connectivity index (χ3v) is 8.03. The van der Waals surface area contributed by atoms with Gasteiger partial charge in [0.05, 0.1) is 0 Å². The lowest BCUT2D eigenvalue weighted by Crippen LogP contribution is -2.40. The van der Waals surface area contributed by atoms with Crippen molar-refractivity contribution in [1.29, 1.82) is 0 Å². The number of allylic oxidation sites excluding steroid dienone is 1. The van der Waals surface area contributed by atoms with Crippen LogP contribution in [0.25, 0.3) is 10.9 Å². The molecule has 4 nitrogen and oxygen atoms in total. The average Bonchev–Trinajstić information content (AvgIpc) is 3.23. The molecule has 0 radical (unpaired) electrons. The summed E-state index contributed by atoms with van der Waals surface area (Å²) in [5.41, 5.74) is 5.20. The molecular formula is C30H36ClN3O. The second kappa shape index (κ2) is 11.5. The van der Waals surface area contributed by atoms with Gasteiger partial charge in [0.25, 0.3) is 0 Å². The van der Waals surface area contributed by atoms with Crippen molar-refractivity contribution in [2.45, 2.75) is 58.0 Å². The van der Waals surface area contributed by atoms with Gasteiger partial charge in [-0.3, -0.25) is 9.69 Å². The number of hydrogen-bond acceptors (Lipinski definition) is 2. The number of halogens is 1. The van der Waals surface area contributed by atoms with Gasteiger partial charge in [0.2, 0.25) is 5.91 Å². The minimum Gasteiger partial charge on any atom is -0.356 e. The van der Waals surface area contributed by atoms with Crippen molar-refractivity contribution >= 4 is 28.4 Å². The van der Waals surface area contributed by atoms with E-state index in [2.05, 4.69) is 63.3 Å². The zero-order chi connectivity index (χ0) is 24.0. The number of fused-ring (bicyclic) bond motifs is 1. The van der Waals surface area contributed by atoms with Gasteiger partial charge in [0.15, 0.2) is 0 Å². The third kappa shape index (κ3) is 5.99. The molecule has 2 aromatic carbocycles. The largest absolute Gasteiger partial charge is 0.356 e. The van der Waals surface area contributed by atoms with Gasteiger partial charge in [-0.05, 0) is 87.2 Å². The van der Waals surface area contributed by atoms with Crippen molar-refractivity contribution in [2.24, 2.45) is 5.92 Å². The molecule has 35 heavy (non-hydrogen) atoms. The lowest BCUT2D eigenvalue weighted by molar-refractivity contribution is -0.126. The Kier molecular flexibility index (Phi) is 7.90. The monoisotopic (exact) mass is 489 g/mol. The summed E-state index contributed by atoms with van der Waals surface area (Å²) in [4.78, 5) is 15.2.